The minimum atomic E-state index is -0.0926. The van der Waals surface area contributed by atoms with Crippen molar-refractivity contribution in [1.82, 2.24) is 15.2 Å². The molecular formula is C53H65N5O. The molecule has 4 atom stereocenters. The van der Waals surface area contributed by atoms with Crippen LogP contribution in [0, 0.1) is 29.1 Å². The van der Waals surface area contributed by atoms with Crippen LogP contribution in [0.4, 0.5) is 0 Å². The van der Waals surface area contributed by atoms with Crippen LogP contribution < -0.4 is 26.9 Å². The van der Waals surface area contributed by atoms with Crippen LogP contribution in [0.15, 0.2) is 82.4 Å². The van der Waals surface area contributed by atoms with Crippen LogP contribution in [0.1, 0.15) is 122 Å². The number of amidine groups is 1. The number of nitrogens with zero attached hydrogens (tertiary/aromatic N) is 2. The van der Waals surface area contributed by atoms with E-state index in [9.17, 15) is 0 Å². The first-order valence-electron chi connectivity index (χ1n) is 22.9. The molecule has 0 spiro atoms. The lowest BCUT2D eigenvalue weighted by atomic mass is 9.65. The highest BCUT2D eigenvalue weighted by Crippen LogP contribution is 2.46. The van der Waals surface area contributed by atoms with Crippen LogP contribution in [-0.2, 0) is 30.4 Å². The van der Waals surface area contributed by atoms with E-state index in [2.05, 4.69) is 131 Å². The molecule has 1 saturated carbocycles. The average molecular weight is 788 g/mol. The molecule has 10 rings (SSSR count). The smallest absolute Gasteiger partial charge is 0.133 e. The van der Waals surface area contributed by atoms with Crippen LogP contribution in [0.3, 0.4) is 0 Å². The summed E-state index contributed by atoms with van der Waals surface area (Å²) in [5, 5.41) is 12.3. The Morgan fingerprint density at radius 2 is 1.86 bits per heavy atom. The topological polar surface area (TPSA) is 76.6 Å². The first kappa shape index (κ1) is 38.5. The SMILES string of the molecule is CC(=CC1CC1)C=C1NC2C3=c4c(c5ccccc5n41)=CCC3OC1=CCCC3=C1CC2NC=C(c1c(CC(C)C)c(CC(C)C)cc2c1CC(C)(C)C(C)C2)C(N)=N3. The summed E-state index contributed by atoms with van der Waals surface area (Å²) in [5.74, 6) is 5.10. The number of ether oxygens (including phenoxy) is 1. The predicted molar refractivity (Wildman–Crippen MR) is 246 cm³/mol. The molecule has 59 heavy (non-hydrogen) atoms. The molecule has 4 unspecified atom stereocenters. The fourth-order valence-corrected chi connectivity index (χ4v) is 11.2. The number of hydrogen-bond donors (Lipinski definition) is 3. The van der Waals surface area contributed by atoms with Gasteiger partial charge in [-0.3, -0.25) is 4.57 Å². The first-order chi connectivity index (χ1) is 28.3. The van der Waals surface area contributed by atoms with Crippen molar-refractivity contribution in [2.24, 2.45) is 39.8 Å². The summed E-state index contributed by atoms with van der Waals surface area (Å²) in [6.45, 7) is 19.1. The van der Waals surface area contributed by atoms with Crippen molar-refractivity contribution in [3.05, 3.63) is 116 Å². The number of nitrogens with one attached hydrogen (secondary N) is 2. The zero-order valence-corrected chi connectivity index (χ0v) is 36.8. The van der Waals surface area contributed by atoms with Gasteiger partial charge in [0.25, 0.3) is 0 Å². The van der Waals surface area contributed by atoms with E-state index in [0.717, 1.165) is 74.2 Å². The fraction of sp³-hybridized carbons (Fsp3) is 0.491. The highest BCUT2D eigenvalue weighted by molar-refractivity contribution is 6.23. The molecule has 3 aliphatic heterocycles. The standard InChI is InChI=1S/C53H65N5O/c1-29(2)20-34-25-35-24-32(6)53(7,8)27-40(35)48(38(34)21-30(3)4)41-28-55-43-26-39-42(56-52(41)54)13-11-15-45(39)59-46-19-18-37-36-12-9-10-14-44(36)58-47(23-31(5)22-33-16-17-33)57-50(43)49(46)51(37)58/h9-10,12,14-15,18,22-23,25,28-30,32-33,43,46,50,55,57H,11,13,16-17,19-21,24,26-27H2,1-8H3,(H2,54,56). The number of para-hydroxylation sites is 1. The predicted octanol–water partition coefficient (Wildman–Crippen LogP) is 9.35. The monoisotopic (exact) mass is 788 g/mol. The first-order valence-corrected chi connectivity index (χ1v) is 22.9. The second-order valence-electron chi connectivity index (χ2n) is 20.6. The van der Waals surface area contributed by atoms with E-state index in [-0.39, 0.29) is 23.6 Å². The zero-order chi connectivity index (χ0) is 40.9. The summed E-state index contributed by atoms with van der Waals surface area (Å²) >= 11 is 0. The molecular weight excluding hydrogens is 723 g/mol. The number of benzene rings is 2. The molecule has 4 aliphatic carbocycles. The number of hydrogen-bond acceptors (Lipinski definition) is 5. The Morgan fingerprint density at radius 3 is 2.64 bits per heavy atom. The van der Waals surface area contributed by atoms with Crippen LogP contribution >= 0.6 is 0 Å². The highest BCUT2D eigenvalue weighted by atomic mass is 16.5. The highest BCUT2D eigenvalue weighted by Gasteiger charge is 2.43. The molecule has 4 heterocycles. The van der Waals surface area contributed by atoms with Crippen LogP contribution in [0.25, 0.3) is 33.9 Å². The van der Waals surface area contributed by atoms with Crippen molar-refractivity contribution < 1.29 is 4.74 Å². The normalized spacial score (nSPS) is 26.5. The van der Waals surface area contributed by atoms with E-state index in [4.69, 9.17) is 15.5 Å². The molecule has 3 aromatic rings. The van der Waals surface area contributed by atoms with Crippen molar-refractivity contribution in [1.29, 1.82) is 0 Å². The summed E-state index contributed by atoms with van der Waals surface area (Å²) in [5.41, 5.74) is 22.2. The molecule has 2 bridgehead atoms. The summed E-state index contributed by atoms with van der Waals surface area (Å²) < 4.78 is 9.74. The molecule has 6 heteroatoms. The molecule has 1 aromatic heterocycles. The van der Waals surface area contributed by atoms with Gasteiger partial charge in [0.1, 0.15) is 23.5 Å². The van der Waals surface area contributed by atoms with E-state index in [0.29, 0.717) is 29.5 Å². The van der Waals surface area contributed by atoms with Crippen molar-refractivity contribution in [2.75, 3.05) is 0 Å². The zero-order valence-electron chi connectivity index (χ0n) is 36.8. The second kappa shape index (κ2) is 14.5. The Bertz CT molecular complexity index is 2580. The van der Waals surface area contributed by atoms with E-state index < -0.39 is 0 Å². The molecule has 2 aromatic carbocycles. The largest absolute Gasteiger partial charge is 0.486 e. The Labute approximate surface area is 351 Å². The second-order valence-corrected chi connectivity index (χ2v) is 20.6. The molecule has 0 radical (unpaired) electrons. The van der Waals surface area contributed by atoms with Gasteiger partial charge in [-0.05, 0) is 133 Å². The fourth-order valence-electron chi connectivity index (χ4n) is 11.2. The molecule has 2 fully saturated rings. The number of aromatic nitrogens is 1. The summed E-state index contributed by atoms with van der Waals surface area (Å²) in [6, 6.07) is 11.5. The lowest BCUT2D eigenvalue weighted by Gasteiger charge is -2.42. The van der Waals surface area contributed by atoms with Gasteiger partial charge in [0.15, 0.2) is 0 Å². The van der Waals surface area contributed by atoms with E-state index in [1.807, 2.05) is 0 Å². The van der Waals surface area contributed by atoms with Crippen LogP contribution in [0.5, 0.6) is 0 Å². The maximum Gasteiger partial charge on any atom is 0.133 e. The van der Waals surface area contributed by atoms with Crippen molar-refractivity contribution >= 4 is 39.8 Å². The third-order valence-electron chi connectivity index (χ3n) is 14.6. The molecule has 308 valence electrons. The number of allylic oxidation sites excluding steroid dienone is 6. The van der Waals surface area contributed by atoms with Crippen LogP contribution in [0.2, 0.25) is 0 Å². The Balaban J connectivity index is 1.22. The Kier molecular flexibility index (Phi) is 9.45. The molecule has 7 aliphatic rings. The minimum absolute atomic E-state index is 0.0191. The third-order valence-corrected chi connectivity index (χ3v) is 14.6. The molecule has 1 saturated heterocycles. The van der Waals surface area contributed by atoms with Gasteiger partial charge in [-0.2, -0.15) is 0 Å². The maximum atomic E-state index is 7.45. The van der Waals surface area contributed by atoms with Gasteiger partial charge in [-0.25, -0.2) is 4.99 Å². The number of aliphatic imine (C=N–C) groups is 1. The third kappa shape index (κ3) is 6.73. The van der Waals surface area contributed by atoms with Gasteiger partial charge in [0.05, 0.1) is 28.6 Å². The molecule has 0 amide bonds. The molecule has 6 nitrogen and oxygen atoms in total. The summed E-state index contributed by atoms with van der Waals surface area (Å²) in [6.07, 6.45) is 22.0. The van der Waals surface area contributed by atoms with Gasteiger partial charge in [-0.15, -0.1) is 0 Å². The lowest BCUT2D eigenvalue weighted by molar-refractivity contribution is 0.153. The van der Waals surface area contributed by atoms with Crippen molar-refractivity contribution in [3.63, 3.8) is 0 Å². The maximum absolute atomic E-state index is 7.45. The Hall–Kier alpha value is -4.71. The van der Waals surface area contributed by atoms with Gasteiger partial charge in [-0.1, -0.05) is 90.5 Å². The van der Waals surface area contributed by atoms with E-state index in [1.54, 1.807) is 0 Å². The number of fused-ring (bicyclic) bond motifs is 6. The number of nitrogens with two attached hydrogens (primary N) is 1. The van der Waals surface area contributed by atoms with E-state index in [1.165, 1.54) is 78.8 Å². The van der Waals surface area contributed by atoms with Gasteiger partial charge in [0.2, 0.25) is 0 Å². The van der Waals surface area contributed by atoms with Crippen molar-refractivity contribution in [3.8, 4) is 0 Å². The summed E-state index contributed by atoms with van der Waals surface area (Å²) in [7, 11) is 0. The lowest BCUT2D eigenvalue weighted by Crippen LogP contribution is -2.59. The minimum Gasteiger partial charge on any atom is -0.486 e. The van der Waals surface area contributed by atoms with Gasteiger partial charge >= 0.3 is 0 Å². The van der Waals surface area contributed by atoms with Crippen LogP contribution in [-0.4, -0.2) is 28.6 Å². The van der Waals surface area contributed by atoms with Gasteiger partial charge < -0.3 is 21.1 Å². The Morgan fingerprint density at radius 1 is 1.07 bits per heavy atom. The quantitative estimate of drug-likeness (QED) is 0.223. The van der Waals surface area contributed by atoms with Gasteiger partial charge in [0, 0.05) is 46.4 Å². The molecule has 4 N–H and O–H groups in total. The van der Waals surface area contributed by atoms with E-state index >= 15 is 0 Å². The van der Waals surface area contributed by atoms with Crippen molar-refractivity contribution in [2.45, 2.75) is 138 Å². The summed E-state index contributed by atoms with van der Waals surface area (Å²) in [4.78, 5) is 5.48. The average Bonchev–Trinajstić information content (AvgIpc) is 3.91. The number of rotatable bonds is 7.